The quantitative estimate of drug-likeness (QED) is 0.522. The van der Waals surface area contributed by atoms with Crippen LogP contribution in [0.25, 0.3) is 11.0 Å². The molecular weight excluding hydrogens is 149 g/mol. The van der Waals surface area contributed by atoms with Crippen LogP contribution in [0.4, 0.5) is 0 Å². The summed E-state index contributed by atoms with van der Waals surface area (Å²) < 4.78 is 1.76. The van der Waals surface area contributed by atoms with Crippen LogP contribution in [0.15, 0.2) is 24.3 Å². The minimum absolute atomic E-state index is 0. The van der Waals surface area contributed by atoms with E-state index in [2.05, 4.69) is 10.3 Å². The minimum atomic E-state index is 0. The molecular formula is C7H7N3Na. The average molecular weight is 156 g/mol. The number of benzene rings is 1. The van der Waals surface area contributed by atoms with Crippen LogP contribution >= 0.6 is 0 Å². The van der Waals surface area contributed by atoms with Gasteiger partial charge in [-0.3, -0.25) is 0 Å². The molecule has 51 valence electrons. The number of nitrogens with zero attached hydrogens (tertiary/aromatic N) is 3. The first-order valence-electron chi connectivity index (χ1n) is 3.12. The van der Waals surface area contributed by atoms with E-state index in [9.17, 15) is 0 Å². The van der Waals surface area contributed by atoms with Gasteiger partial charge in [-0.25, -0.2) is 4.68 Å². The predicted octanol–water partition coefficient (Wildman–Crippen LogP) is 0.587. The van der Waals surface area contributed by atoms with Crippen molar-refractivity contribution in [3.05, 3.63) is 24.3 Å². The molecule has 1 aromatic heterocycles. The summed E-state index contributed by atoms with van der Waals surface area (Å²) in [6.07, 6.45) is 0. The third kappa shape index (κ3) is 1.45. The van der Waals surface area contributed by atoms with Gasteiger partial charge < -0.3 is 0 Å². The zero-order chi connectivity index (χ0) is 6.97. The maximum atomic E-state index is 3.93. The molecule has 4 heteroatoms. The Balaban J connectivity index is 0.000000605. The zero-order valence-corrected chi connectivity index (χ0v) is 8.65. The summed E-state index contributed by atoms with van der Waals surface area (Å²) in [5.41, 5.74) is 2.02. The molecule has 0 atom stereocenters. The van der Waals surface area contributed by atoms with E-state index in [1.165, 1.54) is 0 Å². The van der Waals surface area contributed by atoms with E-state index in [0.29, 0.717) is 0 Å². The van der Waals surface area contributed by atoms with Gasteiger partial charge in [0.05, 0.1) is 5.52 Å². The molecule has 11 heavy (non-hydrogen) atoms. The first-order valence-corrected chi connectivity index (χ1v) is 3.12. The first-order chi connectivity index (χ1) is 4.88. The van der Waals surface area contributed by atoms with Crippen LogP contribution in [0.5, 0.6) is 0 Å². The molecule has 1 aromatic carbocycles. The smallest absolute Gasteiger partial charge is 0.113 e. The molecule has 0 aliphatic rings. The summed E-state index contributed by atoms with van der Waals surface area (Å²) in [6.45, 7) is 0. The molecule has 0 amide bonds. The van der Waals surface area contributed by atoms with E-state index in [1.54, 1.807) is 4.68 Å². The molecule has 3 nitrogen and oxygen atoms in total. The number of hydrogen-bond donors (Lipinski definition) is 0. The fourth-order valence-electron chi connectivity index (χ4n) is 0.986. The monoisotopic (exact) mass is 156 g/mol. The normalized spacial score (nSPS) is 9.55. The van der Waals surface area contributed by atoms with Crippen molar-refractivity contribution < 1.29 is 0 Å². The van der Waals surface area contributed by atoms with Crippen molar-refractivity contribution in [1.82, 2.24) is 15.0 Å². The third-order valence-corrected chi connectivity index (χ3v) is 1.52. The van der Waals surface area contributed by atoms with E-state index in [-0.39, 0.29) is 29.6 Å². The SMILES string of the molecule is Cn1nnc2ccccc21.[Na]. The Morgan fingerprint density at radius 3 is 2.73 bits per heavy atom. The molecule has 0 saturated carbocycles. The Morgan fingerprint density at radius 2 is 2.00 bits per heavy atom. The van der Waals surface area contributed by atoms with E-state index in [4.69, 9.17) is 0 Å². The second kappa shape index (κ2) is 3.34. The topological polar surface area (TPSA) is 30.7 Å². The van der Waals surface area contributed by atoms with Crippen LogP contribution in [0.2, 0.25) is 0 Å². The molecule has 0 fully saturated rings. The Morgan fingerprint density at radius 1 is 1.27 bits per heavy atom. The third-order valence-electron chi connectivity index (χ3n) is 1.52. The summed E-state index contributed by atoms with van der Waals surface area (Å²) in [4.78, 5) is 0. The van der Waals surface area contributed by atoms with Gasteiger partial charge in [-0.15, -0.1) is 5.10 Å². The second-order valence-corrected chi connectivity index (χ2v) is 2.20. The van der Waals surface area contributed by atoms with Gasteiger partial charge in [0.1, 0.15) is 5.52 Å². The molecule has 2 aromatic rings. The first kappa shape index (κ1) is 8.71. The fraction of sp³-hybridized carbons (Fsp3) is 0.143. The number of rotatable bonds is 0. The van der Waals surface area contributed by atoms with Gasteiger partial charge in [0.25, 0.3) is 0 Å². The van der Waals surface area contributed by atoms with Gasteiger partial charge in [0.15, 0.2) is 0 Å². The van der Waals surface area contributed by atoms with Crippen molar-refractivity contribution in [2.24, 2.45) is 7.05 Å². The van der Waals surface area contributed by atoms with Gasteiger partial charge in [-0.2, -0.15) is 0 Å². The molecule has 0 bridgehead atoms. The van der Waals surface area contributed by atoms with Crippen molar-refractivity contribution >= 4 is 40.6 Å². The molecule has 0 unspecified atom stereocenters. The molecule has 0 spiro atoms. The molecule has 1 heterocycles. The van der Waals surface area contributed by atoms with Gasteiger partial charge in [-0.1, -0.05) is 17.3 Å². The Kier molecular flexibility index (Phi) is 2.65. The fourth-order valence-corrected chi connectivity index (χ4v) is 0.986. The zero-order valence-electron chi connectivity index (χ0n) is 6.65. The van der Waals surface area contributed by atoms with Crippen molar-refractivity contribution in [3.8, 4) is 0 Å². The van der Waals surface area contributed by atoms with Crippen molar-refractivity contribution in [3.63, 3.8) is 0 Å². The molecule has 0 aliphatic heterocycles. The van der Waals surface area contributed by atoms with Gasteiger partial charge in [0.2, 0.25) is 0 Å². The van der Waals surface area contributed by atoms with E-state index < -0.39 is 0 Å². The molecule has 0 saturated heterocycles. The maximum absolute atomic E-state index is 3.93. The molecule has 1 radical (unpaired) electrons. The van der Waals surface area contributed by atoms with Crippen molar-refractivity contribution in [2.45, 2.75) is 0 Å². The van der Waals surface area contributed by atoms with Crippen LogP contribution < -0.4 is 0 Å². The Labute approximate surface area is 86.7 Å². The summed E-state index contributed by atoms with van der Waals surface area (Å²) in [5.74, 6) is 0. The van der Waals surface area contributed by atoms with Crippen LogP contribution in [-0.4, -0.2) is 44.6 Å². The number of para-hydroxylation sites is 1. The van der Waals surface area contributed by atoms with E-state index in [0.717, 1.165) is 11.0 Å². The number of aryl methyl sites for hydroxylation is 1. The molecule has 2 rings (SSSR count). The summed E-state index contributed by atoms with van der Waals surface area (Å²) in [6, 6.07) is 7.88. The van der Waals surface area contributed by atoms with Gasteiger partial charge in [0, 0.05) is 36.6 Å². The van der Waals surface area contributed by atoms with Crippen LogP contribution in [0.1, 0.15) is 0 Å². The Bertz CT molecular complexity index is 355. The van der Waals surface area contributed by atoms with E-state index >= 15 is 0 Å². The van der Waals surface area contributed by atoms with Crippen LogP contribution in [0, 0.1) is 0 Å². The number of aromatic nitrogens is 3. The summed E-state index contributed by atoms with van der Waals surface area (Å²) >= 11 is 0. The second-order valence-electron chi connectivity index (χ2n) is 2.20. The molecule has 0 aliphatic carbocycles. The van der Waals surface area contributed by atoms with Crippen molar-refractivity contribution in [1.29, 1.82) is 0 Å². The number of hydrogen-bond acceptors (Lipinski definition) is 2. The predicted molar refractivity (Wildman–Crippen MR) is 44.3 cm³/mol. The van der Waals surface area contributed by atoms with Crippen LogP contribution in [-0.2, 0) is 7.05 Å². The van der Waals surface area contributed by atoms with Crippen LogP contribution in [0.3, 0.4) is 0 Å². The van der Waals surface area contributed by atoms with Gasteiger partial charge >= 0.3 is 0 Å². The largest absolute Gasteiger partial charge is 0.248 e. The number of fused-ring (bicyclic) bond motifs is 1. The maximum Gasteiger partial charge on any atom is 0.113 e. The van der Waals surface area contributed by atoms with Crippen molar-refractivity contribution in [2.75, 3.05) is 0 Å². The molecule has 0 N–H and O–H groups in total. The standard InChI is InChI=1S/C7H7N3.Na/c1-10-7-5-3-2-4-6(7)8-9-10;/h2-5H,1H3;. The summed E-state index contributed by atoms with van der Waals surface area (Å²) in [5, 5.41) is 7.79. The van der Waals surface area contributed by atoms with E-state index in [1.807, 2.05) is 31.3 Å². The summed E-state index contributed by atoms with van der Waals surface area (Å²) in [7, 11) is 1.88. The average Bonchev–Trinajstić information content (AvgIpc) is 2.34. The Hall–Kier alpha value is -0.380. The van der Waals surface area contributed by atoms with Gasteiger partial charge in [-0.05, 0) is 12.1 Å². The minimum Gasteiger partial charge on any atom is -0.248 e.